The zero-order chi connectivity index (χ0) is 21.4. The third-order valence-corrected chi connectivity index (χ3v) is 5.98. The number of carbonyl (C=O) groups excluding carboxylic acids is 1. The standard InChI is InChI=1S/C24H24N4O3/c1-16-6-2-3-7-17(16)14-21(29)28-12-10-27(11-13-28)15-20-25-22-18-8-4-5-9-19(18)31-23(22)24(30)26-20/h2-9H,10-15H2,1H3,(H,25,26,30). The summed E-state index contributed by atoms with van der Waals surface area (Å²) in [7, 11) is 0. The Hall–Kier alpha value is -3.45. The maximum Gasteiger partial charge on any atom is 0.294 e. The molecule has 0 saturated carbocycles. The number of para-hydroxylation sites is 1. The maximum absolute atomic E-state index is 12.7. The van der Waals surface area contributed by atoms with Crippen LogP contribution in [-0.2, 0) is 17.8 Å². The molecule has 0 atom stereocenters. The van der Waals surface area contributed by atoms with Crippen molar-refractivity contribution in [2.75, 3.05) is 26.2 Å². The second kappa shape index (κ2) is 8.00. The molecule has 158 valence electrons. The number of amides is 1. The topological polar surface area (TPSA) is 82.4 Å². The molecule has 0 aliphatic carbocycles. The van der Waals surface area contributed by atoms with E-state index in [0.29, 0.717) is 43.0 Å². The first-order chi connectivity index (χ1) is 15.1. The maximum atomic E-state index is 12.7. The van der Waals surface area contributed by atoms with Crippen LogP contribution in [-0.4, -0.2) is 51.9 Å². The summed E-state index contributed by atoms with van der Waals surface area (Å²) < 4.78 is 5.66. The van der Waals surface area contributed by atoms with E-state index in [1.54, 1.807) is 0 Å². The largest absolute Gasteiger partial charge is 0.449 e. The molecular formula is C24H24N4O3. The van der Waals surface area contributed by atoms with E-state index in [1.165, 1.54) is 0 Å². The number of piperazine rings is 1. The Balaban J connectivity index is 1.26. The summed E-state index contributed by atoms with van der Waals surface area (Å²) in [6.45, 7) is 5.40. The van der Waals surface area contributed by atoms with Crippen LogP contribution >= 0.6 is 0 Å². The number of nitrogens with zero attached hydrogens (tertiary/aromatic N) is 3. The Kier molecular flexibility index (Phi) is 5.03. The number of furan rings is 1. The van der Waals surface area contributed by atoms with Gasteiger partial charge in [0, 0.05) is 31.6 Å². The van der Waals surface area contributed by atoms with Gasteiger partial charge in [-0.1, -0.05) is 36.4 Å². The third kappa shape index (κ3) is 3.84. The first kappa shape index (κ1) is 19.5. The zero-order valence-corrected chi connectivity index (χ0v) is 17.4. The van der Waals surface area contributed by atoms with E-state index in [1.807, 2.05) is 60.4 Å². The first-order valence-electron chi connectivity index (χ1n) is 10.5. The van der Waals surface area contributed by atoms with Crippen molar-refractivity contribution in [2.24, 2.45) is 0 Å². The molecule has 0 spiro atoms. The number of nitrogens with one attached hydrogen (secondary N) is 1. The van der Waals surface area contributed by atoms with Crippen molar-refractivity contribution >= 4 is 28.0 Å². The van der Waals surface area contributed by atoms with Crippen LogP contribution in [0, 0.1) is 6.92 Å². The molecule has 1 fully saturated rings. The van der Waals surface area contributed by atoms with E-state index >= 15 is 0 Å². The van der Waals surface area contributed by atoms with E-state index < -0.39 is 0 Å². The molecular weight excluding hydrogens is 392 g/mol. The predicted molar refractivity (Wildman–Crippen MR) is 119 cm³/mol. The summed E-state index contributed by atoms with van der Waals surface area (Å²) in [5.74, 6) is 0.774. The van der Waals surface area contributed by atoms with E-state index in [4.69, 9.17) is 4.42 Å². The van der Waals surface area contributed by atoms with E-state index in [0.717, 1.165) is 29.6 Å². The average Bonchev–Trinajstić information content (AvgIpc) is 3.15. The SMILES string of the molecule is Cc1ccccc1CC(=O)N1CCN(Cc2nc3c(oc4ccccc43)c(=O)[nH]2)CC1. The van der Waals surface area contributed by atoms with Gasteiger partial charge in [0.05, 0.1) is 13.0 Å². The fourth-order valence-corrected chi connectivity index (χ4v) is 4.17. The van der Waals surface area contributed by atoms with Crippen molar-refractivity contribution in [3.8, 4) is 0 Å². The molecule has 5 rings (SSSR count). The minimum Gasteiger partial charge on any atom is -0.449 e. The van der Waals surface area contributed by atoms with Gasteiger partial charge in [-0.15, -0.1) is 0 Å². The van der Waals surface area contributed by atoms with Gasteiger partial charge in [0.15, 0.2) is 0 Å². The molecule has 2 aromatic carbocycles. The average molecular weight is 416 g/mol. The van der Waals surface area contributed by atoms with Gasteiger partial charge in [-0.05, 0) is 30.2 Å². The molecule has 0 unspecified atom stereocenters. The Labute approximate surface area is 179 Å². The fourth-order valence-electron chi connectivity index (χ4n) is 4.17. The van der Waals surface area contributed by atoms with Gasteiger partial charge >= 0.3 is 0 Å². The number of hydrogen-bond donors (Lipinski definition) is 1. The van der Waals surface area contributed by atoms with Gasteiger partial charge in [0.2, 0.25) is 11.5 Å². The second-order valence-electron chi connectivity index (χ2n) is 8.05. The number of carbonyl (C=O) groups is 1. The molecule has 0 radical (unpaired) electrons. The Morgan fingerprint density at radius 2 is 1.81 bits per heavy atom. The third-order valence-electron chi connectivity index (χ3n) is 5.98. The Morgan fingerprint density at radius 1 is 1.06 bits per heavy atom. The lowest BCUT2D eigenvalue weighted by Crippen LogP contribution is -2.49. The smallest absolute Gasteiger partial charge is 0.294 e. The minimum absolute atomic E-state index is 0.159. The number of hydrogen-bond acceptors (Lipinski definition) is 5. The van der Waals surface area contributed by atoms with Crippen LogP contribution < -0.4 is 5.56 Å². The normalized spacial score (nSPS) is 15.1. The second-order valence-corrected chi connectivity index (χ2v) is 8.05. The number of aryl methyl sites for hydroxylation is 1. The number of aromatic amines is 1. The molecule has 1 N–H and O–H groups in total. The molecule has 1 aliphatic heterocycles. The van der Waals surface area contributed by atoms with Crippen LogP contribution in [0.25, 0.3) is 22.1 Å². The summed E-state index contributed by atoms with van der Waals surface area (Å²) in [5.41, 5.74) is 3.48. The highest BCUT2D eigenvalue weighted by molar-refractivity contribution is 6.01. The number of H-pyrrole nitrogens is 1. The Morgan fingerprint density at radius 3 is 2.61 bits per heavy atom. The first-order valence-corrected chi connectivity index (χ1v) is 10.5. The number of aromatic nitrogens is 2. The van der Waals surface area contributed by atoms with Crippen molar-refractivity contribution in [3.63, 3.8) is 0 Å². The summed E-state index contributed by atoms with van der Waals surface area (Å²) in [5, 5.41) is 0.844. The van der Waals surface area contributed by atoms with Gasteiger partial charge in [-0.2, -0.15) is 0 Å². The molecule has 1 saturated heterocycles. The van der Waals surface area contributed by atoms with Crippen LogP contribution in [0.4, 0.5) is 0 Å². The van der Waals surface area contributed by atoms with Gasteiger partial charge in [0.1, 0.15) is 16.9 Å². The number of fused-ring (bicyclic) bond motifs is 3. The summed E-state index contributed by atoms with van der Waals surface area (Å²) in [6, 6.07) is 15.5. The minimum atomic E-state index is -0.261. The van der Waals surface area contributed by atoms with Gasteiger partial charge in [-0.3, -0.25) is 14.5 Å². The van der Waals surface area contributed by atoms with Gasteiger partial charge in [0.25, 0.3) is 5.56 Å². The van der Waals surface area contributed by atoms with Crippen LogP contribution in [0.5, 0.6) is 0 Å². The highest BCUT2D eigenvalue weighted by Crippen LogP contribution is 2.24. The van der Waals surface area contributed by atoms with E-state index in [-0.39, 0.29) is 17.0 Å². The number of benzene rings is 2. The molecule has 2 aromatic heterocycles. The predicted octanol–water partition coefficient (Wildman–Crippen LogP) is 2.86. The van der Waals surface area contributed by atoms with E-state index in [2.05, 4.69) is 14.9 Å². The van der Waals surface area contributed by atoms with Crippen LogP contribution in [0.15, 0.2) is 57.7 Å². The molecule has 1 amide bonds. The monoisotopic (exact) mass is 416 g/mol. The lowest BCUT2D eigenvalue weighted by atomic mass is 10.1. The van der Waals surface area contributed by atoms with Crippen LogP contribution in [0.3, 0.4) is 0 Å². The van der Waals surface area contributed by atoms with Crippen LogP contribution in [0.1, 0.15) is 17.0 Å². The highest BCUT2D eigenvalue weighted by Gasteiger charge is 2.22. The molecule has 7 nitrogen and oxygen atoms in total. The van der Waals surface area contributed by atoms with Crippen molar-refractivity contribution < 1.29 is 9.21 Å². The summed E-state index contributed by atoms with van der Waals surface area (Å²) in [6.07, 6.45) is 0.436. The quantitative estimate of drug-likeness (QED) is 0.553. The highest BCUT2D eigenvalue weighted by atomic mass is 16.3. The van der Waals surface area contributed by atoms with Gasteiger partial charge in [-0.25, -0.2) is 4.98 Å². The number of rotatable bonds is 4. The molecule has 1 aliphatic rings. The zero-order valence-electron chi connectivity index (χ0n) is 17.4. The van der Waals surface area contributed by atoms with Gasteiger partial charge < -0.3 is 14.3 Å². The molecule has 7 heteroatoms. The molecule has 31 heavy (non-hydrogen) atoms. The summed E-state index contributed by atoms with van der Waals surface area (Å²) in [4.78, 5) is 36.9. The van der Waals surface area contributed by atoms with Crippen molar-refractivity contribution in [2.45, 2.75) is 19.9 Å². The van der Waals surface area contributed by atoms with Crippen molar-refractivity contribution in [1.82, 2.24) is 19.8 Å². The van der Waals surface area contributed by atoms with Crippen LogP contribution in [0.2, 0.25) is 0 Å². The lowest BCUT2D eigenvalue weighted by molar-refractivity contribution is -0.132. The molecule has 3 heterocycles. The van der Waals surface area contributed by atoms with Crippen molar-refractivity contribution in [1.29, 1.82) is 0 Å². The van der Waals surface area contributed by atoms with E-state index in [9.17, 15) is 9.59 Å². The summed E-state index contributed by atoms with van der Waals surface area (Å²) >= 11 is 0. The molecule has 0 bridgehead atoms. The van der Waals surface area contributed by atoms with Crippen molar-refractivity contribution in [3.05, 3.63) is 75.8 Å². The Bertz CT molecular complexity index is 1320. The fraction of sp³-hybridized carbons (Fsp3) is 0.292. The lowest BCUT2D eigenvalue weighted by Gasteiger charge is -2.34. The molecule has 4 aromatic rings.